The second kappa shape index (κ2) is 7.36. The Balaban J connectivity index is 1.57. The number of hydrogen-bond acceptors (Lipinski definition) is 7. The van der Waals surface area contributed by atoms with E-state index in [1.807, 2.05) is 20.8 Å². The molecule has 0 bridgehead atoms. The molecule has 0 spiro atoms. The molecule has 9 nitrogen and oxygen atoms in total. The predicted molar refractivity (Wildman–Crippen MR) is 111 cm³/mol. The molecule has 30 heavy (non-hydrogen) atoms. The van der Waals surface area contributed by atoms with Gasteiger partial charge in [-0.3, -0.25) is 14.4 Å². The summed E-state index contributed by atoms with van der Waals surface area (Å²) in [6, 6.07) is 4.09. The van der Waals surface area contributed by atoms with Gasteiger partial charge in [-0.1, -0.05) is 6.92 Å². The number of amides is 1. The van der Waals surface area contributed by atoms with Crippen LogP contribution in [-0.4, -0.2) is 43.9 Å². The number of aliphatic hydroxyl groups is 1. The minimum Gasteiger partial charge on any atom is -0.394 e. The van der Waals surface area contributed by atoms with Gasteiger partial charge in [-0.2, -0.15) is 15.3 Å². The predicted octanol–water partition coefficient (Wildman–Crippen LogP) is 2.44. The minimum atomic E-state index is -0.926. The summed E-state index contributed by atoms with van der Waals surface area (Å²) < 4.78 is 1.67. The SMILES string of the molecule is CC[C@@H]1CN(c2ccnc(Nc3cnn(C(C)(C)CO)c3)n2)C(=O)[C@@]1(C#N)C1CC1. The highest BCUT2D eigenvalue weighted by molar-refractivity contribution is 6.02. The van der Waals surface area contributed by atoms with Gasteiger partial charge in [0.1, 0.15) is 11.2 Å². The van der Waals surface area contributed by atoms with Crippen LogP contribution in [0, 0.1) is 28.6 Å². The van der Waals surface area contributed by atoms with Crippen molar-refractivity contribution in [3.63, 3.8) is 0 Å². The first-order valence-corrected chi connectivity index (χ1v) is 10.3. The molecular formula is C21H27N7O2. The lowest BCUT2D eigenvalue weighted by Gasteiger charge is -2.24. The zero-order chi connectivity index (χ0) is 21.5. The number of hydrogen-bond donors (Lipinski definition) is 2. The molecule has 1 aliphatic carbocycles. The molecule has 0 unspecified atom stereocenters. The van der Waals surface area contributed by atoms with Crippen LogP contribution >= 0.6 is 0 Å². The monoisotopic (exact) mass is 409 g/mol. The molecule has 3 heterocycles. The number of aromatic nitrogens is 4. The van der Waals surface area contributed by atoms with Crippen molar-refractivity contribution in [2.24, 2.45) is 17.3 Å². The summed E-state index contributed by atoms with van der Waals surface area (Å²) in [5.74, 6) is 0.867. The fourth-order valence-corrected chi connectivity index (χ4v) is 4.25. The van der Waals surface area contributed by atoms with Crippen LogP contribution in [0.2, 0.25) is 0 Å². The number of aliphatic hydroxyl groups excluding tert-OH is 1. The number of carbonyl (C=O) groups excluding carboxylic acids is 1. The normalized spacial score (nSPS) is 24.2. The number of nitriles is 1. The van der Waals surface area contributed by atoms with Gasteiger partial charge in [0.05, 0.1) is 30.1 Å². The molecule has 9 heteroatoms. The highest BCUT2D eigenvalue weighted by Crippen LogP contribution is 2.55. The summed E-state index contributed by atoms with van der Waals surface area (Å²) in [5, 5.41) is 26.8. The fraction of sp³-hybridized carbons (Fsp3) is 0.571. The summed E-state index contributed by atoms with van der Waals surface area (Å²) in [4.78, 5) is 23.7. The molecular weight excluding hydrogens is 382 g/mol. The Morgan fingerprint density at radius 3 is 2.83 bits per heavy atom. The lowest BCUT2D eigenvalue weighted by Crippen LogP contribution is -2.37. The Morgan fingerprint density at radius 1 is 1.43 bits per heavy atom. The van der Waals surface area contributed by atoms with Crippen molar-refractivity contribution >= 4 is 23.4 Å². The second-order valence-corrected chi connectivity index (χ2v) is 8.78. The Hall–Kier alpha value is -2.99. The van der Waals surface area contributed by atoms with E-state index >= 15 is 0 Å². The van der Waals surface area contributed by atoms with E-state index < -0.39 is 11.0 Å². The number of anilines is 3. The van der Waals surface area contributed by atoms with E-state index in [1.54, 1.807) is 34.2 Å². The molecule has 1 saturated heterocycles. The first kappa shape index (κ1) is 20.3. The van der Waals surface area contributed by atoms with Crippen molar-refractivity contribution in [2.75, 3.05) is 23.4 Å². The molecule has 0 radical (unpaired) electrons. The van der Waals surface area contributed by atoms with Gasteiger partial charge in [-0.25, -0.2) is 4.98 Å². The molecule has 0 aromatic carbocycles. The number of carbonyl (C=O) groups is 1. The smallest absolute Gasteiger partial charge is 0.249 e. The molecule has 2 aromatic heterocycles. The summed E-state index contributed by atoms with van der Waals surface area (Å²) in [5.41, 5.74) is -0.773. The summed E-state index contributed by atoms with van der Waals surface area (Å²) in [6.45, 7) is 6.25. The first-order chi connectivity index (χ1) is 14.4. The summed E-state index contributed by atoms with van der Waals surface area (Å²) >= 11 is 0. The van der Waals surface area contributed by atoms with E-state index in [1.165, 1.54) is 0 Å². The standard InChI is InChI=1S/C21H27N7O2/c1-4-14-10-27(18(30)21(14,12-22)15-5-6-15)17-7-8-23-19(26-17)25-16-9-24-28(11-16)20(2,3)13-29/h7-9,11,14-15,29H,4-6,10,13H2,1-3H3,(H,23,25,26)/t14-,21-/m1/s1. The molecule has 158 valence electrons. The molecule has 1 amide bonds. The number of rotatable bonds is 7. The van der Waals surface area contributed by atoms with Crippen LogP contribution in [0.3, 0.4) is 0 Å². The van der Waals surface area contributed by atoms with Gasteiger partial charge in [0.2, 0.25) is 11.9 Å². The molecule has 1 saturated carbocycles. The van der Waals surface area contributed by atoms with Crippen LogP contribution in [0.1, 0.15) is 40.0 Å². The van der Waals surface area contributed by atoms with Crippen molar-refractivity contribution in [1.82, 2.24) is 19.7 Å². The summed E-state index contributed by atoms with van der Waals surface area (Å²) in [7, 11) is 0. The average Bonchev–Trinajstić information content (AvgIpc) is 3.41. The van der Waals surface area contributed by atoms with Gasteiger partial charge in [0, 0.05) is 24.9 Å². The van der Waals surface area contributed by atoms with E-state index in [2.05, 4.69) is 26.5 Å². The number of nitrogens with one attached hydrogen (secondary N) is 1. The lowest BCUT2D eigenvalue weighted by atomic mass is 9.73. The van der Waals surface area contributed by atoms with Gasteiger partial charge < -0.3 is 10.4 Å². The third-order valence-electron chi connectivity index (χ3n) is 6.31. The third-order valence-corrected chi connectivity index (χ3v) is 6.31. The van der Waals surface area contributed by atoms with Crippen molar-refractivity contribution < 1.29 is 9.90 Å². The Bertz CT molecular complexity index is 991. The van der Waals surface area contributed by atoms with E-state index in [0.29, 0.717) is 24.0 Å². The van der Waals surface area contributed by atoms with E-state index in [-0.39, 0.29) is 24.3 Å². The van der Waals surface area contributed by atoms with Crippen LogP contribution in [0.4, 0.5) is 17.5 Å². The molecule has 2 atom stereocenters. The van der Waals surface area contributed by atoms with E-state index in [9.17, 15) is 15.2 Å². The molecule has 1 aliphatic heterocycles. The second-order valence-electron chi connectivity index (χ2n) is 8.78. The van der Waals surface area contributed by atoms with Crippen LogP contribution in [0.5, 0.6) is 0 Å². The summed E-state index contributed by atoms with van der Waals surface area (Å²) in [6.07, 6.45) is 7.67. The highest BCUT2D eigenvalue weighted by atomic mass is 16.3. The molecule has 2 aliphatic rings. The maximum absolute atomic E-state index is 13.3. The minimum absolute atomic E-state index is 0.00724. The van der Waals surface area contributed by atoms with E-state index in [4.69, 9.17) is 0 Å². The van der Waals surface area contributed by atoms with Gasteiger partial charge in [0.25, 0.3) is 0 Å². The maximum Gasteiger partial charge on any atom is 0.249 e. The zero-order valence-electron chi connectivity index (χ0n) is 17.5. The lowest BCUT2D eigenvalue weighted by molar-refractivity contribution is -0.125. The highest BCUT2D eigenvalue weighted by Gasteiger charge is 2.61. The van der Waals surface area contributed by atoms with E-state index in [0.717, 1.165) is 19.3 Å². The van der Waals surface area contributed by atoms with Crippen LogP contribution in [-0.2, 0) is 10.3 Å². The Morgan fingerprint density at radius 2 is 2.20 bits per heavy atom. The third kappa shape index (κ3) is 3.21. The van der Waals surface area contributed by atoms with Gasteiger partial charge in [-0.05, 0) is 45.1 Å². The first-order valence-electron chi connectivity index (χ1n) is 10.3. The Kier molecular flexibility index (Phi) is 4.98. The van der Waals surface area contributed by atoms with Crippen molar-refractivity contribution in [3.8, 4) is 6.07 Å². The fourth-order valence-electron chi connectivity index (χ4n) is 4.25. The van der Waals surface area contributed by atoms with Crippen LogP contribution in [0.15, 0.2) is 24.7 Å². The van der Waals surface area contributed by atoms with Gasteiger partial charge in [-0.15, -0.1) is 0 Å². The topological polar surface area (TPSA) is 120 Å². The van der Waals surface area contributed by atoms with Crippen molar-refractivity contribution in [2.45, 2.75) is 45.6 Å². The van der Waals surface area contributed by atoms with Crippen LogP contribution in [0.25, 0.3) is 0 Å². The average molecular weight is 409 g/mol. The van der Waals surface area contributed by atoms with Crippen molar-refractivity contribution in [1.29, 1.82) is 5.26 Å². The molecule has 2 fully saturated rings. The Labute approximate surface area is 175 Å². The molecule has 2 aromatic rings. The number of nitrogens with zero attached hydrogens (tertiary/aromatic N) is 6. The maximum atomic E-state index is 13.3. The molecule has 2 N–H and O–H groups in total. The van der Waals surface area contributed by atoms with Gasteiger partial charge >= 0.3 is 0 Å². The van der Waals surface area contributed by atoms with Crippen molar-refractivity contribution in [3.05, 3.63) is 24.7 Å². The quantitative estimate of drug-likeness (QED) is 0.720. The van der Waals surface area contributed by atoms with Crippen LogP contribution < -0.4 is 10.2 Å². The largest absolute Gasteiger partial charge is 0.394 e. The zero-order valence-corrected chi connectivity index (χ0v) is 17.5. The molecule has 4 rings (SSSR count). The van der Waals surface area contributed by atoms with Gasteiger partial charge in [0.15, 0.2) is 0 Å².